The third-order valence-corrected chi connectivity index (χ3v) is 3.53. The Labute approximate surface area is 131 Å². The summed E-state index contributed by atoms with van der Waals surface area (Å²) in [5, 5.41) is 6.28. The number of nitrogens with two attached hydrogens (primary N) is 1. The number of rotatable bonds is 5. The molecule has 3 nitrogen and oxygen atoms in total. The van der Waals surface area contributed by atoms with Crippen LogP contribution in [-0.4, -0.2) is 6.54 Å². The van der Waals surface area contributed by atoms with Crippen LogP contribution in [0.25, 0.3) is 5.70 Å². The first kappa shape index (κ1) is 15.9. The third kappa shape index (κ3) is 3.39. The number of halogens is 1. The van der Waals surface area contributed by atoms with Gasteiger partial charge in [-0.1, -0.05) is 31.2 Å². The summed E-state index contributed by atoms with van der Waals surface area (Å²) in [5.74, 6) is -0.329. The van der Waals surface area contributed by atoms with E-state index in [0.717, 1.165) is 12.0 Å². The molecule has 2 rings (SSSR count). The summed E-state index contributed by atoms with van der Waals surface area (Å²) >= 11 is 0. The van der Waals surface area contributed by atoms with E-state index in [0.29, 0.717) is 29.2 Å². The summed E-state index contributed by atoms with van der Waals surface area (Å²) in [6.07, 6.45) is 7.00. The maximum Gasteiger partial charge on any atom is 0.134 e. The van der Waals surface area contributed by atoms with Gasteiger partial charge in [0.25, 0.3) is 0 Å². The molecule has 1 aliphatic heterocycles. The van der Waals surface area contributed by atoms with Crippen molar-refractivity contribution in [3.8, 4) is 0 Å². The van der Waals surface area contributed by atoms with Crippen LogP contribution in [0.3, 0.4) is 0 Å². The number of hydrogen-bond acceptors (Lipinski definition) is 3. The Kier molecular flexibility index (Phi) is 5.04. The van der Waals surface area contributed by atoms with Crippen molar-refractivity contribution in [3.05, 3.63) is 71.4 Å². The van der Waals surface area contributed by atoms with E-state index in [-0.39, 0.29) is 5.82 Å². The van der Waals surface area contributed by atoms with Crippen LogP contribution in [-0.2, 0) is 0 Å². The van der Waals surface area contributed by atoms with E-state index < -0.39 is 0 Å². The van der Waals surface area contributed by atoms with Crippen LogP contribution in [0.15, 0.2) is 60.0 Å². The normalized spacial score (nSPS) is 15.0. The lowest BCUT2D eigenvalue weighted by molar-refractivity contribution is 0.623. The number of nitrogens with one attached hydrogen (secondary N) is 2. The molecule has 0 atom stereocenters. The molecule has 0 saturated heterocycles. The lowest BCUT2D eigenvalue weighted by atomic mass is 9.98. The minimum Gasteiger partial charge on any atom is -0.398 e. The smallest absolute Gasteiger partial charge is 0.134 e. The molecule has 1 heterocycles. The molecule has 116 valence electrons. The molecule has 0 spiro atoms. The van der Waals surface area contributed by atoms with Crippen LogP contribution in [0.5, 0.6) is 0 Å². The number of anilines is 1. The highest BCUT2D eigenvalue weighted by atomic mass is 19.1. The van der Waals surface area contributed by atoms with Gasteiger partial charge in [-0.25, -0.2) is 4.39 Å². The van der Waals surface area contributed by atoms with Gasteiger partial charge in [0.1, 0.15) is 5.82 Å². The van der Waals surface area contributed by atoms with Crippen LogP contribution in [0.4, 0.5) is 10.1 Å². The van der Waals surface area contributed by atoms with E-state index >= 15 is 0 Å². The zero-order chi connectivity index (χ0) is 16.1. The Balaban J connectivity index is 2.17. The monoisotopic (exact) mass is 299 g/mol. The molecule has 0 unspecified atom stereocenters. The summed E-state index contributed by atoms with van der Waals surface area (Å²) < 4.78 is 14.0. The second-order valence-electron chi connectivity index (χ2n) is 5.23. The number of fused-ring (bicyclic) bond motifs is 1. The fraction of sp³-hybridized carbons (Fsp3) is 0.222. The number of hydrogen-bond donors (Lipinski definition) is 3. The molecule has 0 bridgehead atoms. The first-order chi connectivity index (χ1) is 10.5. The van der Waals surface area contributed by atoms with Gasteiger partial charge in [-0.05, 0) is 37.8 Å². The van der Waals surface area contributed by atoms with Crippen molar-refractivity contribution in [2.75, 3.05) is 11.9 Å². The van der Waals surface area contributed by atoms with Crippen LogP contribution in [0.2, 0.25) is 0 Å². The molecular weight excluding hydrogens is 277 g/mol. The molecule has 4 heteroatoms. The van der Waals surface area contributed by atoms with Gasteiger partial charge < -0.3 is 16.4 Å². The highest BCUT2D eigenvalue weighted by molar-refractivity contribution is 5.85. The average molecular weight is 299 g/mol. The maximum absolute atomic E-state index is 14.0. The molecule has 1 aromatic carbocycles. The second-order valence-corrected chi connectivity index (χ2v) is 5.23. The summed E-state index contributed by atoms with van der Waals surface area (Å²) in [6.45, 7) is 8.60. The van der Waals surface area contributed by atoms with Gasteiger partial charge in [0.2, 0.25) is 0 Å². The zero-order valence-electron chi connectivity index (χ0n) is 13.0. The molecule has 22 heavy (non-hydrogen) atoms. The van der Waals surface area contributed by atoms with E-state index in [1.54, 1.807) is 12.1 Å². The third-order valence-electron chi connectivity index (χ3n) is 3.53. The highest BCUT2D eigenvalue weighted by Crippen LogP contribution is 2.33. The SMILES string of the molecule is C=C1Nc2cccc(F)c2C(N)=C1CN/C=C\C(C)=C/CC. The quantitative estimate of drug-likeness (QED) is 0.723. The van der Waals surface area contributed by atoms with Crippen molar-refractivity contribution in [3.63, 3.8) is 0 Å². The predicted molar refractivity (Wildman–Crippen MR) is 91.5 cm³/mol. The van der Waals surface area contributed by atoms with Gasteiger partial charge in [0, 0.05) is 17.8 Å². The number of allylic oxidation sites excluding steroid dienone is 3. The van der Waals surface area contributed by atoms with Gasteiger partial charge in [0.15, 0.2) is 0 Å². The van der Waals surface area contributed by atoms with Crippen molar-refractivity contribution in [2.45, 2.75) is 20.3 Å². The van der Waals surface area contributed by atoms with E-state index in [1.807, 2.05) is 19.2 Å². The summed E-state index contributed by atoms with van der Waals surface area (Å²) in [7, 11) is 0. The standard InChI is InChI=1S/C18H22FN3/c1-4-6-12(2)9-10-21-11-14-13(3)22-16-8-5-7-15(19)17(16)18(14)20/h5-10,21-22H,3-4,11,20H2,1-2H3/b10-9-,12-6-. The van der Waals surface area contributed by atoms with Crippen LogP contribution in [0, 0.1) is 5.82 Å². The fourth-order valence-electron chi connectivity index (χ4n) is 2.40. The molecule has 0 fully saturated rings. The molecule has 4 N–H and O–H groups in total. The molecule has 0 saturated carbocycles. The van der Waals surface area contributed by atoms with E-state index in [4.69, 9.17) is 5.73 Å². The van der Waals surface area contributed by atoms with Crippen LogP contribution < -0.4 is 16.4 Å². The van der Waals surface area contributed by atoms with Gasteiger partial charge in [-0.3, -0.25) is 0 Å². The van der Waals surface area contributed by atoms with E-state index in [2.05, 4.69) is 30.2 Å². The van der Waals surface area contributed by atoms with Crippen LogP contribution in [0.1, 0.15) is 25.8 Å². The minimum absolute atomic E-state index is 0.329. The Hall–Kier alpha value is -2.49. The zero-order valence-corrected chi connectivity index (χ0v) is 13.0. The van der Waals surface area contributed by atoms with Gasteiger partial charge in [-0.15, -0.1) is 0 Å². The van der Waals surface area contributed by atoms with Crippen molar-refractivity contribution < 1.29 is 4.39 Å². The molecule has 0 radical (unpaired) electrons. The highest BCUT2D eigenvalue weighted by Gasteiger charge is 2.21. The van der Waals surface area contributed by atoms with Crippen molar-refractivity contribution >= 4 is 11.4 Å². The average Bonchev–Trinajstić information content (AvgIpc) is 2.46. The molecule has 1 aliphatic rings. The fourth-order valence-corrected chi connectivity index (χ4v) is 2.40. The summed E-state index contributed by atoms with van der Waals surface area (Å²) in [5.41, 5.74) is 10.3. The van der Waals surface area contributed by atoms with Crippen LogP contribution >= 0.6 is 0 Å². The molecule has 1 aromatic rings. The Morgan fingerprint density at radius 3 is 2.95 bits per heavy atom. The predicted octanol–water partition coefficient (Wildman–Crippen LogP) is 3.89. The maximum atomic E-state index is 14.0. The molecular formula is C18H22FN3. The number of benzene rings is 1. The van der Waals surface area contributed by atoms with E-state index in [1.165, 1.54) is 11.6 Å². The Morgan fingerprint density at radius 1 is 1.45 bits per heavy atom. The minimum atomic E-state index is -0.329. The lowest BCUT2D eigenvalue weighted by Gasteiger charge is -2.25. The molecule has 0 aliphatic carbocycles. The first-order valence-corrected chi connectivity index (χ1v) is 7.35. The topological polar surface area (TPSA) is 50.1 Å². The van der Waals surface area contributed by atoms with Gasteiger partial charge in [-0.2, -0.15) is 0 Å². The Bertz CT molecular complexity index is 669. The van der Waals surface area contributed by atoms with Crippen molar-refractivity contribution in [2.24, 2.45) is 5.73 Å². The van der Waals surface area contributed by atoms with E-state index in [9.17, 15) is 4.39 Å². The largest absolute Gasteiger partial charge is 0.398 e. The van der Waals surface area contributed by atoms with Crippen molar-refractivity contribution in [1.29, 1.82) is 0 Å². The molecule has 0 amide bonds. The first-order valence-electron chi connectivity index (χ1n) is 7.35. The van der Waals surface area contributed by atoms with Gasteiger partial charge >= 0.3 is 0 Å². The molecule has 0 aromatic heterocycles. The Morgan fingerprint density at radius 2 is 2.23 bits per heavy atom. The summed E-state index contributed by atoms with van der Waals surface area (Å²) in [4.78, 5) is 0. The lowest BCUT2D eigenvalue weighted by Crippen LogP contribution is -2.23. The summed E-state index contributed by atoms with van der Waals surface area (Å²) in [6, 6.07) is 4.85. The second kappa shape index (κ2) is 6.98. The van der Waals surface area contributed by atoms with Gasteiger partial charge in [0.05, 0.1) is 16.9 Å². The van der Waals surface area contributed by atoms with Crippen molar-refractivity contribution in [1.82, 2.24) is 5.32 Å².